The molecule has 2 aliphatic carbocycles. The van der Waals surface area contributed by atoms with E-state index in [9.17, 15) is 4.79 Å². The van der Waals surface area contributed by atoms with Crippen LogP contribution in [0.25, 0.3) is 0 Å². The third kappa shape index (κ3) is 4.45. The Kier molecular flexibility index (Phi) is 6.30. The lowest BCUT2D eigenvalue weighted by Crippen LogP contribution is -2.39. The van der Waals surface area contributed by atoms with Crippen molar-refractivity contribution < 1.29 is 9.53 Å². The van der Waals surface area contributed by atoms with Gasteiger partial charge in [0.1, 0.15) is 0 Å². The van der Waals surface area contributed by atoms with E-state index in [1.165, 1.54) is 32.1 Å². The van der Waals surface area contributed by atoms with Crippen LogP contribution in [0.2, 0.25) is 0 Å². The SMILES string of the molecule is COCC(N)CCNC(=O)C1CCC2CCCCC2C1. The number of carbonyl (C=O) groups is 1. The lowest BCUT2D eigenvalue weighted by molar-refractivity contribution is -0.127. The number of rotatable bonds is 6. The molecule has 0 aromatic rings. The molecule has 20 heavy (non-hydrogen) atoms. The van der Waals surface area contributed by atoms with Gasteiger partial charge in [-0.1, -0.05) is 25.7 Å². The Hall–Kier alpha value is -0.610. The number of ether oxygens (including phenoxy) is 1. The van der Waals surface area contributed by atoms with Crippen LogP contribution in [-0.4, -0.2) is 32.2 Å². The van der Waals surface area contributed by atoms with E-state index in [0.29, 0.717) is 13.2 Å². The van der Waals surface area contributed by atoms with Gasteiger partial charge in [0.15, 0.2) is 0 Å². The molecule has 116 valence electrons. The van der Waals surface area contributed by atoms with Crippen molar-refractivity contribution in [2.24, 2.45) is 23.5 Å². The Morgan fingerprint density at radius 3 is 2.75 bits per heavy atom. The molecule has 2 fully saturated rings. The minimum Gasteiger partial charge on any atom is -0.383 e. The highest BCUT2D eigenvalue weighted by Gasteiger charge is 2.34. The van der Waals surface area contributed by atoms with Crippen molar-refractivity contribution in [1.82, 2.24) is 5.32 Å². The van der Waals surface area contributed by atoms with Gasteiger partial charge in [-0.25, -0.2) is 0 Å². The Morgan fingerprint density at radius 2 is 2.00 bits per heavy atom. The molecule has 0 aliphatic heterocycles. The van der Waals surface area contributed by atoms with Crippen LogP contribution >= 0.6 is 0 Å². The molecule has 4 unspecified atom stereocenters. The zero-order valence-corrected chi connectivity index (χ0v) is 12.8. The summed E-state index contributed by atoms with van der Waals surface area (Å²) in [6.07, 6.45) is 9.73. The van der Waals surface area contributed by atoms with Gasteiger partial charge in [-0.15, -0.1) is 0 Å². The van der Waals surface area contributed by atoms with Crippen LogP contribution in [0.4, 0.5) is 0 Å². The molecule has 4 atom stereocenters. The maximum absolute atomic E-state index is 12.2. The summed E-state index contributed by atoms with van der Waals surface area (Å²) in [5.74, 6) is 2.21. The van der Waals surface area contributed by atoms with E-state index in [0.717, 1.165) is 31.1 Å². The number of nitrogens with one attached hydrogen (secondary N) is 1. The van der Waals surface area contributed by atoms with Crippen LogP contribution in [0.3, 0.4) is 0 Å². The van der Waals surface area contributed by atoms with Gasteiger partial charge in [0, 0.05) is 25.6 Å². The van der Waals surface area contributed by atoms with Gasteiger partial charge in [-0.2, -0.15) is 0 Å². The predicted molar refractivity (Wildman–Crippen MR) is 80.3 cm³/mol. The molecule has 0 bridgehead atoms. The van der Waals surface area contributed by atoms with Gasteiger partial charge in [0.25, 0.3) is 0 Å². The standard InChI is InChI=1S/C16H30N2O2/c1-20-11-15(17)8-9-18-16(19)14-7-6-12-4-2-3-5-13(12)10-14/h12-15H,2-11,17H2,1H3,(H,18,19). The first-order chi connectivity index (χ1) is 9.70. The van der Waals surface area contributed by atoms with Crippen molar-refractivity contribution in [3.63, 3.8) is 0 Å². The summed E-state index contributed by atoms with van der Waals surface area (Å²) in [5, 5.41) is 3.06. The normalized spacial score (nSPS) is 31.4. The smallest absolute Gasteiger partial charge is 0.223 e. The van der Waals surface area contributed by atoms with Crippen LogP contribution in [0.1, 0.15) is 51.4 Å². The number of amides is 1. The van der Waals surface area contributed by atoms with E-state index in [1.54, 1.807) is 7.11 Å². The minimum atomic E-state index is 0.0226. The fraction of sp³-hybridized carbons (Fsp3) is 0.938. The molecule has 0 aromatic heterocycles. The van der Waals surface area contributed by atoms with Crippen molar-refractivity contribution >= 4 is 5.91 Å². The summed E-state index contributed by atoms with van der Waals surface area (Å²) in [7, 11) is 1.65. The van der Waals surface area contributed by atoms with Crippen LogP contribution in [-0.2, 0) is 9.53 Å². The summed E-state index contributed by atoms with van der Waals surface area (Å²) < 4.78 is 5.00. The molecule has 1 amide bonds. The van der Waals surface area contributed by atoms with E-state index in [-0.39, 0.29) is 17.9 Å². The van der Waals surface area contributed by atoms with E-state index in [2.05, 4.69) is 5.32 Å². The predicted octanol–water partition coefficient (Wildman–Crippen LogP) is 2.07. The lowest BCUT2D eigenvalue weighted by atomic mass is 9.67. The second-order valence-corrected chi connectivity index (χ2v) is 6.61. The van der Waals surface area contributed by atoms with Gasteiger partial charge < -0.3 is 15.8 Å². The molecule has 2 saturated carbocycles. The summed E-state index contributed by atoms with van der Waals surface area (Å²) in [4.78, 5) is 12.2. The summed E-state index contributed by atoms with van der Waals surface area (Å²) in [6, 6.07) is 0.0226. The molecule has 0 saturated heterocycles. The first-order valence-corrected chi connectivity index (χ1v) is 8.23. The highest BCUT2D eigenvalue weighted by atomic mass is 16.5. The topological polar surface area (TPSA) is 64.3 Å². The fourth-order valence-electron chi connectivity index (χ4n) is 3.93. The molecule has 0 heterocycles. The van der Waals surface area contributed by atoms with Gasteiger partial charge in [-0.3, -0.25) is 4.79 Å². The Balaban J connectivity index is 1.68. The first kappa shape index (κ1) is 15.8. The number of carbonyl (C=O) groups excluding carboxylic acids is 1. The largest absolute Gasteiger partial charge is 0.383 e. The quantitative estimate of drug-likeness (QED) is 0.784. The number of hydrogen-bond donors (Lipinski definition) is 2. The number of hydrogen-bond acceptors (Lipinski definition) is 3. The molecule has 2 aliphatic rings. The van der Waals surface area contributed by atoms with Crippen LogP contribution in [0.5, 0.6) is 0 Å². The van der Waals surface area contributed by atoms with Crippen molar-refractivity contribution in [2.45, 2.75) is 57.4 Å². The van der Waals surface area contributed by atoms with E-state index in [1.807, 2.05) is 0 Å². The summed E-state index contributed by atoms with van der Waals surface area (Å²) in [5.41, 5.74) is 5.86. The van der Waals surface area contributed by atoms with Crippen molar-refractivity contribution in [2.75, 3.05) is 20.3 Å². The number of nitrogens with two attached hydrogens (primary N) is 1. The zero-order chi connectivity index (χ0) is 14.4. The van der Waals surface area contributed by atoms with Gasteiger partial charge in [0.05, 0.1) is 6.61 Å². The minimum absolute atomic E-state index is 0.0226. The summed E-state index contributed by atoms with van der Waals surface area (Å²) >= 11 is 0. The Bertz CT molecular complexity index is 309. The van der Waals surface area contributed by atoms with Crippen LogP contribution in [0.15, 0.2) is 0 Å². The maximum Gasteiger partial charge on any atom is 0.223 e. The monoisotopic (exact) mass is 282 g/mol. The van der Waals surface area contributed by atoms with Gasteiger partial charge in [0.2, 0.25) is 5.91 Å². The second-order valence-electron chi connectivity index (χ2n) is 6.61. The zero-order valence-electron chi connectivity index (χ0n) is 12.8. The van der Waals surface area contributed by atoms with Crippen molar-refractivity contribution in [1.29, 1.82) is 0 Å². The van der Waals surface area contributed by atoms with Gasteiger partial charge >= 0.3 is 0 Å². The highest BCUT2D eigenvalue weighted by molar-refractivity contribution is 5.78. The van der Waals surface area contributed by atoms with E-state index >= 15 is 0 Å². The third-order valence-electron chi connectivity index (χ3n) is 5.11. The van der Waals surface area contributed by atoms with E-state index in [4.69, 9.17) is 10.5 Å². The lowest BCUT2D eigenvalue weighted by Gasteiger charge is -2.38. The summed E-state index contributed by atoms with van der Waals surface area (Å²) in [6.45, 7) is 1.23. The Morgan fingerprint density at radius 1 is 1.25 bits per heavy atom. The second kappa shape index (κ2) is 7.99. The van der Waals surface area contributed by atoms with Crippen molar-refractivity contribution in [3.8, 4) is 0 Å². The molecule has 0 radical (unpaired) electrons. The molecule has 4 nitrogen and oxygen atoms in total. The molecular weight excluding hydrogens is 252 g/mol. The Labute approximate surface area is 122 Å². The average Bonchev–Trinajstić information content (AvgIpc) is 2.47. The van der Waals surface area contributed by atoms with Gasteiger partial charge in [-0.05, 0) is 37.5 Å². The van der Waals surface area contributed by atoms with Crippen LogP contribution < -0.4 is 11.1 Å². The molecule has 2 rings (SSSR count). The number of fused-ring (bicyclic) bond motifs is 1. The van der Waals surface area contributed by atoms with Crippen molar-refractivity contribution in [3.05, 3.63) is 0 Å². The molecular formula is C16H30N2O2. The molecule has 0 aromatic carbocycles. The third-order valence-corrected chi connectivity index (χ3v) is 5.11. The fourth-order valence-corrected chi connectivity index (χ4v) is 3.93. The van der Waals surface area contributed by atoms with E-state index < -0.39 is 0 Å². The number of methoxy groups -OCH3 is 1. The molecule has 3 N–H and O–H groups in total. The highest BCUT2D eigenvalue weighted by Crippen LogP contribution is 2.42. The average molecular weight is 282 g/mol. The first-order valence-electron chi connectivity index (χ1n) is 8.23. The van der Waals surface area contributed by atoms with Crippen LogP contribution in [0, 0.1) is 17.8 Å². The maximum atomic E-state index is 12.2. The molecule has 4 heteroatoms. The molecule has 0 spiro atoms.